The van der Waals surface area contributed by atoms with Crippen molar-refractivity contribution in [3.63, 3.8) is 0 Å². The van der Waals surface area contributed by atoms with Crippen molar-refractivity contribution in [2.75, 3.05) is 0 Å². The van der Waals surface area contributed by atoms with Gasteiger partial charge in [0.1, 0.15) is 6.61 Å². The first-order valence-electron chi connectivity index (χ1n) is 5.97. The molecule has 0 radical (unpaired) electrons. The van der Waals surface area contributed by atoms with Crippen LogP contribution in [-0.4, -0.2) is 12.2 Å². The molecular formula is C15H10BrF3O2. The lowest BCUT2D eigenvalue weighted by molar-refractivity contribution is 0.0672. The summed E-state index contributed by atoms with van der Waals surface area (Å²) in [5, 5.41) is 0. The lowest BCUT2D eigenvalue weighted by Gasteiger charge is -2.11. The molecule has 0 saturated heterocycles. The van der Waals surface area contributed by atoms with Gasteiger partial charge in [0.2, 0.25) is 5.78 Å². The maximum Gasteiger partial charge on any atom is 0.300 e. The average molecular weight is 359 g/mol. The number of ketones is 1. The summed E-state index contributed by atoms with van der Waals surface area (Å²) in [5.74, 6) is -2.92. The summed E-state index contributed by atoms with van der Waals surface area (Å²) in [6, 6.07) is 11.6. The molecule has 0 heterocycles. The Labute approximate surface area is 127 Å². The lowest BCUT2D eigenvalue weighted by atomic mass is 10.1. The first-order chi connectivity index (χ1) is 10.0. The third-order valence-electron chi connectivity index (χ3n) is 2.74. The van der Waals surface area contributed by atoms with Crippen LogP contribution >= 0.6 is 15.9 Å². The Bertz CT molecular complexity index is 645. The van der Waals surface area contributed by atoms with E-state index >= 15 is 0 Å². The summed E-state index contributed by atoms with van der Waals surface area (Å²) in [6.45, 7) is 0.0711. The van der Waals surface area contributed by atoms with Crippen LogP contribution < -0.4 is 4.74 Å². The number of Topliss-reactive ketones (excluding diaryl/α,β-unsaturated/α-hetero) is 1. The van der Waals surface area contributed by atoms with E-state index < -0.39 is 23.6 Å². The third-order valence-corrected chi connectivity index (χ3v) is 3.40. The van der Waals surface area contributed by atoms with E-state index in [-0.39, 0.29) is 16.8 Å². The van der Waals surface area contributed by atoms with Gasteiger partial charge >= 0.3 is 6.43 Å². The molecule has 0 saturated carbocycles. The first-order valence-corrected chi connectivity index (χ1v) is 6.77. The highest BCUT2D eigenvalue weighted by molar-refractivity contribution is 9.10. The minimum atomic E-state index is -3.28. The van der Waals surface area contributed by atoms with E-state index in [1.165, 1.54) is 12.1 Å². The lowest BCUT2D eigenvalue weighted by Crippen LogP contribution is -2.14. The molecule has 0 unspecified atom stereocenters. The van der Waals surface area contributed by atoms with Gasteiger partial charge < -0.3 is 4.74 Å². The molecule has 2 rings (SSSR count). The van der Waals surface area contributed by atoms with E-state index in [1.54, 1.807) is 24.3 Å². The summed E-state index contributed by atoms with van der Waals surface area (Å²) >= 11 is 2.90. The van der Waals surface area contributed by atoms with Gasteiger partial charge in [-0.25, -0.2) is 13.2 Å². The van der Waals surface area contributed by atoms with Gasteiger partial charge in [-0.1, -0.05) is 30.3 Å². The summed E-state index contributed by atoms with van der Waals surface area (Å²) < 4.78 is 44.3. The zero-order valence-corrected chi connectivity index (χ0v) is 12.2. The number of hydrogen-bond acceptors (Lipinski definition) is 2. The van der Waals surface area contributed by atoms with Crippen molar-refractivity contribution in [1.82, 2.24) is 0 Å². The van der Waals surface area contributed by atoms with Crippen molar-refractivity contribution in [1.29, 1.82) is 0 Å². The molecule has 0 spiro atoms. The zero-order chi connectivity index (χ0) is 15.4. The molecule has 0 aliphatic rings. The molecule has 0 aliphatic heterocycles. The predicted octanol–water partition coefficient (Wildman–Crippen LogP) is 4.62. The minimum Gasteiger partial charge on any atom is -0.486 e. The quantitative estimate of drug-likeness (QED) is 0.729. The van der Waals surface area contributed by atoms with Crippen molar-refractivity contribution in [3.8, 4) is 5.75 Å². The summed E-state index contributed by atoms with van der Waals surface area (Å²) in [4.78, 5) is 11.3. The van der Waals surface area contributed by atoms with E-state index in [9.17, 15) is 18.0 Å². The van der Waals surface area contributed by atoms with E-state index in [1.807, 2.05) is 6.07 Å². The summed E-state index contributed by atoms with van der Waals surface area (Å²) in [6.07, 6.45) is -3.28. The van der Waals surface area contributed by atoms with Crippen LogP contribution in [0.5, 0.6) is 5.75 Å². The molecule has 0 bridgehead atoms. The fourth-order valence-corrected chi connectivity index (χ4v) is 2.22. The smallest absolute Gasteiger partial charge is 0.300 e. The topological polar surface area (TPSA) is 26.3 Å². The molecule has 0 aliphatic carbocycles. The standard InChI is InChI=1S/C15H10BrF3O2/c16-10-6-7-11(13(17)12(10)14(20)15(18)19)21-8-9-4-2-1-3-5-9/h1-7,15H,8H2. The SMILES string of the molecule is O=C(c1c(Br)ccc(OCc2ccccc2)c1F)C(F)F. The molecule has 6 heteroatoms. The van der Waals surface area contributed by atoms with Crippen molar-refractivity contribution in [3.05, 3.63) is 63.9 Å². The van der Waals surface area contributed by atoms with Crippen LogP contribution in [0, 0.1) is 5.82 Å². The second-order valence-electron chi connectivity index (χ2n) is 4.17. The average Bonchev–Trinajstić information content (AvgIpc) is 2.47. The van der Waals surface area contributed by atoms with Gasteiger partial charge in [-0.3, -0.25) is 4.79 Å². The number of carbonyl (C=O) groups excluding carboxylic acids is 1. The van der Waals surface area contributed by atoms with E-state index in [0.29, 0.717) is 0 Å². The minimum absolute atomic E-state index is 0.0302. The van der Waals surface area contributed by atoms with Crippen LogP contribution in [0.4, 0.5) is 13.2 Å². The molecule has 0 atom stereocenters. The number of hydrogen-bond donors (Lipinski definition) is 0. The van der Waals surface area contributed by atoms with E-state index in [4.69, 9.17) is 4.74 Å². The molecule has 21 heavy (non-hydrogen) atoms. The van der Waals surface area contributed by atoms with Crippen LogP contribution in [0.25, 0.3) is 0 Å². The van der Waals surface area contributed by atoms with Crippen molar-refractivity contribution >= 4 is 21.7 Å². The number of ether oxygens (including phenoxy) is 1. The second-order valence-corrected chi connectivity index (χ2v) is 5.03. The first kappa shape index (κ1) is 15.6. The Balaban J connectivity index is 2.25. The van der Waals surface area contributed by atoms with Crippen molar-refractivity contribution in [2.45, 2.75) is 13.0 Å². The monoisotopic (exact) mass is 358 g/mol. The summed E-state index contributed by atoms with van der Waals surface area (Å²) in [5.41, 5.74) is 0.0946. The van der Waals surface area contributed by atoms with Crippen LogP contribution in [-0.2, 0) is 6.61 Å². The maximum absolute atomic E-state index is 14.1. The molecule has 0 amide bonds. The Kier molecular flexibility index (Phi) is 5.01. The third kappa shape index (κ3) is 3.64. The van der Waals surface area contributed by atoms with Gasteiger partial charge in [-0.2, -0.15) is 0 Å². The van der Waals surface area contributed by atoms with Crippen LogP contribution in [0.2, 0.25) is 0 Å². The fourth-order valence-electron chi connectivity index (χ4n) is 1.72. The second kappa shape index (κ2) is 6.76. The molecule has 2 aromatic rings. The number of alkyl halides is 2. The Hall–Kier alpha value is -1.82. The molecular weight excluding hydrogens is 349 g/mol. The zero-order valence-electron chi connectivity index (χ0n) is 10.7. The normalized spacial score (nSPS) is 10.7. The van der Waals surface area contributed by atoms with E-state index in [0.717, 1.165) is 5.56 Å². The highest BCUT2D eigenvalue weighted by atomic mass is 79.9. The van der Waals surface area contributed by atoms with Gasteiger partial charge in [0.25, 0.3) is 0 Å². The van der Waals surface area contributed by atoms with Crippen LogP contribution in [0.3, 0.4) is 0 Å². The van der Waals surface area contributed by atoms with Gasteiger partial charge in [0, 0.05) is 4.47 Å². The summed E-state index contributed by atoms with van der Waals surface area (Å²) in [7, 11) is 0. The molecule has 110 valence electrons. The molecule has 0 fully saturated rings. The Morgan fingerprint density at radius 3 is 2.43 bits per heavy atom. The molecule has 0 N–H and O–H groups in total. The number of carbonyl (C=O) groups is 1. The number of benzene rings is 2. The van der Waals surface area contributed by atoms with E-state index in [2.05, 4.69) is 15.9 Å². The van der Waals surface area contributed by atoms with Gasteiger partial charge in [-0.15, -0.1) is 0 Å². The highest BCUT2D eigenvalue weighted by Gasteiger charge is 2.26. The highest BCUT2D eigenvalue weighted by Crippen LogP contribution is 2.29. The number of halogens is 4. The van der Waals surface area contributed by atoms with Crippen molar-refractivity contribution in [2.24, 2.45) is 0 Å². The molecule has 2 aromatic carbocycles. The van der Waals surface area contributed by atoms with Crippen molar-refractivity contribution < 1.29 is 22.7 Å². The Morgan fingerprint density at radius 2 is 1.81 bits per heavy atom. The van der Waals surface area contributed by atoms with Gasteiger partial charge in [0.05, 0.1) is 5.56 Å². The van der Waals surface area contributed by atoms with Crippen LogP contribution in [0.1, 0.15) is 15.9 Å². The Morgan fingerprint density at radius 1 is 1.14 bits per heavy atom. The van der Waals surface area contributed by atoms with Crippen LogP contribution in [0.15, 0.2) is 46.9 Å². The number of rotatable bonds is 5. The maximum atomic E-state index is 14.1. The van der Waals surface area contributed by atoms with Gasteiger partial charge in [0.15, 0.2) is 11.6 Å². The molecule has 2 nitrogen and oxygen atoms in total. The fraction of sp³-hybridized carbons (Fsp3) is 0.133. The molecule has 0 aromatic heterocycles. The largest absolute Gasteiger partial charge is 0.486 e. The predicted molar refractivity (Wildman–Crippen MR) is 75.2 cm³/mol. The van der Waals surface area contributed by atoms with Gasteiger partial charge in [-0.05, 0) is 33.6 Å².